The number of hydrogen-bond acceptors (Lipinski definition) is 4. The predicted molar refractivity (Wildman–Crippen MR) is 61.0 cm³/mol. The molecule has 1 heterocycles. The molecule has 16 heavy (non-hydrogen) atoms. The summed E-state index contributed by atoms with van der Waals surface area (Å²) in [6, 6.07) is 6.12. The van der Waals surface area contributed by atoms with Gasteiger partial charge in [-0.2, -0.15) is 5.26 Å². The first kappa shape index (κ1) is 10.9. The van der Waals surface area contributed by atoms with E-state index in [1.807, 2.05) is 19.1 Å². The van der Waals surface area contributed by atoms with Crippen LogP contribution in [-0.2, 0) is 4.74 Å². The third-order valence-corrected chi connectivity index (χ3v) is 2.74. The van der Waals surface area contributed by atoms with E-state index >= 15 is 0 Å². The van der Waals surface area contributed by atoms with Gasteiger partial charge >= 0.3 is 0 Å². The van der Waals surface area contributed by atoms with E-state index in [-0.39, 0.29) is 0 Å². The van der Waals surface area contributed by atoms with Crippen LogP contribution in [0, 0.1) is 11.3 Å². The largest absolute Gasteiger partial charge is 0.378 e. The Balaban J connectivity index is 1.80. The molecule has 1 saturated carbocycles. The molecule has 0 aliphatic heterocycles. The van der Waals surface area contributed by atoms with Gasteiger partial charge in [0.05, 0.1) is 11.7 Å². The van der Waals surface area contributed by atoms with Gasteiger partial charge < -0.3 is 10.1 Å². The molecule has 0 bridgehead atoms. The molecule has 0 amide bonds. The van der Waals surface area contributed by atoms with Crippen molar-refractivity contribution >= 4 is 5.82 Å². The Morgan fingerprint density at radius 2 is 2.38 bits per heavy atom. The molecule has 0 unspecified atom stereocenters. The number of nitrogens with one attached hydrogen (secondary N) is 1. The Bertz CT molecular complexity index is 376. The first-order valence-electron chi connectivity index (χ1n) is 5.56. The zero-order valence-electron chi connectivity index (χ0n) is 9.31. The summed E-state index contributed by atoms with van der Waals surface area (Å²) in [7, 11) is 0. The van der Waals surface area contributed by atoms with Crippen molar-refractivity contribution < 1.29 is 4.74 Å². The van der Waals surface area contributed by atoms with E-state index in [0.29, 0.717) is 17.7 Å². The third kappa shape index (κ3) is 2.50. The van der Waals surface area contributed by atoms with Crippen molar-refractivity contribution in [3.63, 3.8) is 0 Å². The lowest BCUT2D eigenvalue weighted by molar-refractivity contribution is 0.00292. The van der Waals surface area contributed by atoms with Gasteiger partial charge in [-0.05, 0) is 31.9 Å². The van der Waals surface area contributed by atoms with Crippen molar-refractivity contribution in [2.75, 3.05) is 11.9 Å². The normalized spacial score (nSPS) is 23.2. The van der Waals surface area contributed by atoms with Gasteiger partial charge in [0.15, 0.2) is 0 Å². The van der Waals surface area contributed by atoms with E-state index in [9.17, 15) is 0 Å². The average Bonchev–Trinajstić information content (AvgIpc) is 2.27. The summed E-state index contributed by atoms with van der Waals surface area (Å²) in [5.41, 5.74) is 0.589. The molecule has 0 spiro atoms. The van der Waals surface area contributed by atoms with Gasteiger partial charge in [0.1, 0.15) is 11.9 Å². The van der Waals surface area contributed by atoms with Crippen LogP contribution in [-0.4, -0.2) is 23.7 Å². The Labute approximate surface area is 95.3 Å². The van der Waals surface area contributed by atoms with Crippen LogP contribution in [0.25, 0.3) is 0 Å². The maximum atomic E-state index is 8.63. The third-order valence-electron chi connectivity index (χ3n) is 2.74. The minimum Gasteiger partial charge on any atom is -0.378 e. The molecule has 1 fully saturated rings. The quantitative estimate of drug-likeness (QED) is 0.837. The first-order chi connectivity index (χ1) is 7.81. The van der Waals surface area contributed by atoms with E-state index in [0.717, 1.165) is 25.3 Å². The molecule has 1 aromatic rings. The number of rotatable bonds is 4. The minimum absolute atomic E-state index is 0.404. The van der Waals surface area contributed by atoms with E-state index in [4.69, 9.17) is 10.00 Å². The van der Waals surface area contributed by atoms with Crippen molar-refractivity contribution in [1.29, 1.82) is 5.26 Å². The summed E-state index contributed by atoms with van der Waals surface area (Å²) >= 11 is 0. The molecular weight excluding hydrogens is 202 g/mol. The van der Waals surface area contributed by atoms with Crippen molar-refractivity contribution in [3.8, 4) is 6.07 Å². The molecule has 1 aromatic heterocycles. The highest BCUT2D eigenvalue weighted by molar-refractivity contribution is 5.40. The second-order valence-electron chi connectivity index (χ2n) is 3.93. The molecule has 0 radical (unpaired) electrons. The van der Waals surface area contributed by atoms with Crippen molar-refractivity contribution in [2.24, 2.45) is 0 Å². The summed E-state index contributed by atoms with van der Waals surface area (Å²) in [5, 5.41) is 12.0. The second kappa shape index (κ2) is 4.95. The average molecular weight is 217 g/mol. The van der Waals surface area contributed by atoms with Crippen LogP contribution in [0.3, 0.4) is 0 Å². The maximum Gasteiger partial charge on any atom is 0.126 e. The molecule has 1 N–H and O–H groups in total. The van der Waals surface area contributed by atoms with Crippen LogP contribution in [0.5, 0.6) is 0 Å². The Morgan fingerprint density at radius 1 is 1.56 bits per heavy atom. The fourth-order valence-electron chi connectivity index (χ4n) is 1.81. The number of ether oxygens (including phenoxy) is 1. The monoisotopic (exact) mass is 217 g/mol. The SMILES string of the molecule is CCOC1CC(Nc2ccc(C#N)cn2)C1. The van der Waals surface area contributed by atoms with Crippen LogP contribution in [0.1, 0.15) is 25.3 Å². The molecule has 4 nitrogen and oxygen atoms in total. The Morgan fingerprint density at radius 3 is 2.94 bits per heavy atom. The highest BCUT2D eigenvalue weighted by atomic mass is 16.5. The summed E-state index contributed by atoms with van der Waals surface area (Å²) in [6.45, 7) is 2.80. The van der Waals surface area contributed by atoms with E-state index in [1.165, 1.54) is 0 Å². The molecule has 0 atom stereocenters. The summed E-state index contributed by atoms with van der Waals surface area (Å²) in [6.07, 6.45) is 4.06. The second-order valence-corrected chi connectivity index (χ2v) is 3.93. The van der Waals surface area contributed by atoms with Crippen LogP contribution >= 0.6 is 0 Å². The summed E-state index contributed by atoms with van der Waals surface area (Å²) in [5.74, 6) is 0.832. The lowest BCUT2D eigenvalue weighted by Crippen LogP contribution is -2.40. The zero-order chi connectivity index (χ0) is 11.4. The topological polar surface area (TPSA) is 57.9 Å². The first-order valence-corrected chi connectivity index (χ1v) is 5.56. The van der Waals surface area contributed by atoms with Gasteiger partial charge in [0.25, 0.3) is 0 Å². The number of aromatic nitrogens is 1. The number of pyridine rings is 1. The van der Waals surface area contributed by atoms with Gasteiger partial charge in [-0.15, -0.1) is 0 Å². The van der Waals surface area contributed by atoms with Crippen LogP contribution in [0.2, 0.25) is 0 Å². The van der Waals surface area contributed by atoms with Gasteiger partial charge in [-0.1, -0.05) is 0 Å². The van der Waals surface area contributed by atoms with E-state index < -0.39 is 0 Å². The van der Waals surface area contributed by atoms with Crippen molar-refractivity contribution in [2.45, 2.75) is 31.9 Å². The fourth-order valence-corrected chi connectivity index (χ4v) is 1.81. The molecule has 2 rings (SSSR count). The number of anilines is 1. The highest BCUT2D eigenvalue weighted by Crippen LogP contribution is 2.26. The number of nitriles is 1. The Hall–Kier alpha value is -1.60. The maximum absolute atomic E-state index is 8.63. The van der Waals surface area contributed by atoms with E-state index in [2.05, 4.69) is 10.3 Å². The van der Waals surface area contributed by atoms with Gasteiger partial charge in [0, 0.05) is 18.8 Å². The van der Waals surface area contributed by atoms with Gasteiger partial charge in [0.2, 0.25) is 0 Å². The molecule has 0 aromatic carbocycles. The molecular formula is C12H15N3O. The highest BCUT2D eigenvalue weighted by Gasteiger charge is 2.29. The standard InChI is InChI=1S/C12H15N3O/c1-2-16-11-5-10(6-11)15-12-4-3-9(7-13)8-14-12/h3-4,8,10-11H,2,5-6H2,1H3,(H,14,15). The van der Waals surface area contributed by atoms with Crippen molar-refractivity contribution in [1.82, 2.24) is 4.98 Å². The predicted octanol–water partition coefficient (Wildman–Crippen LogP) is 1.93. The minimum atomic E-state index is 0.404. The van der Waals surface area contributed by atoms with Crippen LogP contribution < -0.4 is 5.32 Å². The smallest absolute Gasteiger partial charge is 0.126 e. The summed E-state index contributed by atoms with van der Waals surface area (Å²) < 4.78 is 5.48. The number of nitrogens with zero attached hydrogens (tertiary/aromatic N) is 2. The van der Waals surface area contributed by atoms with Crippen molar-refractivity contribution in [3.05, 3.63) is 23.9 Å². The van der Waals surface area contributed by atoms with Gasteiger partial charge in [-0.3, -0.25) is 0 Å². The molecule has 84 valence electrons. The van der Waals surface area contributed by atoms with Crippen LogP contribution in [0.15, 0.2) is 18.3 Å². The molecule has 1 aliphatic rings. The zero-order valence-corrected chi connectivity index (χ0v) is 9.31. The lowest BCUT2D eigenvalue weighted by atomic mass is 9.89. The van der Waals surface area contributed by atoms with Crippen LogP contribution in [0.4, 0.5) is 5.82 Å². The molecule has 4 heteroatoms. The van der Waals surface area contributed by atoms with E-state index in [1.54, 1.807) is 12.3 Å². The lowest BCUT2D eigenvalue weighted by Gasteiger charge is -2.35. The Kier molecular flexibility index (Phi) is 3.37. The number of hydrogen-bond donors (Lipinski definition) is 1. The van der Waals surface area contributed by atoms with Gasteiger partial charge in [-0.25, -0.2) is 4.98 Å². The molecule has 0 saturated heterocycles. The fraction of sp³-hybridized carbons (Fsp3) is 0.500. The summed E-state index contributed by atoms with van der Waals surface area (Å²) in [4.78, 5) is 4.17. The molecule has 1 aliphatic carbocycles.